The molecule has 5 nitrogen and oxygen atoms in total. The molecule has 22 heavy (non-hydrogen) atoms. The van der Waals surface area contributed by atoms with Crippen LogP contribution in [0.2, 0.25) is 0 Å². The Kier molecular flexibility index (Phi) is 3.63. The number of hydrogen-bond acceptors (Lipinski definition) is 5. The summed E-state index contributed by atoms with van der Waals surface area (Å²) in [7, 11) is 0.901. The molecule has 2 aromatic rings. The molecule has 0 aliphatic carbocycles. The molecular weight excluding hydrogens is 306 g/mol. The van der Waals surface area contributed by atoms with Crippen molar-refractivity contribution in [1.82, 2.24) is 10.1 Å². The highest BCUT2D eigenvalue weighted by molar-refractivity contribution is 5.59. The fourth-order valence-corrected chi connectivity index (χ4v) is 2.34. The fourth-order valence-electron chi connectivity index (χ4n) is 2.34. The summed E-state index contributed by atoms with van der Waals surface area (Å²) in [5.74, 6) is -8.24. The van der Waals surface area contributed by atoms with Gasteiger partial charge in [-0.25, -0.2) is 8.78 Å². The van der Waals surface area contributed by atoms with Crippen molar-refractivity contribution in [1.29, 1.82) is 0 Å². The maximum Gasteiger partial charge on any atom is 0.266 e. The minimum absolute atomic E-state index is 0.128. The monoisotopic (exact) mass is 317 g/mol. The van der Waals surface area contributed by atoms with Crippen LogP contribution in [0.1, 0.15) is 12.8 Å². The Morgan fingerprint density at radius 3 is 2.14 bits per heavy atom. The van der Waals surface area contributed by atoms with Gasteiger partial charge in [-0.05, 0) is 18.0 Å². The van der Waals surface area contributed by atoms with E-state index in [9.17, 15) is 17.6 Å². The predicted octanol–water partition coefficient (Wildman–Crippen LogP) is 2.90. The second-order valence-electron chi connectivity index (χ2n) is 4.76. The van der Waals surface area contributed by atoms with Gasteiger partial charge in [-0.2, -0.15) is 13.8 Å². The first-order chi connectivity index (χ1) is 10.5. The van der Waals surface area contributed by atoms with Crippen molar-refractivity contribution >= 4 is 5.95 Å². The number of benzene rings is 1. The third-order valence-corrected chi connectivity index (χ3v) is 3.45. The van der Waals surface area contributed by atoms with Crippen LogP contribution in [0.15, 0.2) is 4.52 Å². The van der Waals surface area contributed by atoms with Crippen molar-refractivity contribution in [3.8, 4) is 17.2 Å². The Labute approximate surface area is 122 Å². The molecule has 9 heteroatoms. The Bertz CT molecular complexity index is 685. The van der Waals surface area contributed by atoms with E-state index in [-0.39, 0.29) is 5.95 Å². The zero-order valence-corrected chi connectivity index (χ0v) is 11.5. The van der Waals surface area contributed by atoms with E-state index < -0.39 is 40.5 Å². The second-order valence-corrected chi connectivity index (χ2v) is 4.76. The van der Waals surface area contributed by atoms with Crippen LogP contribution in [0.3, 0.4) is 0 Å². The van der Waals surface area contributed by atoms with Crippen molar-refractivity contribution in [2.75, 3.05) is 25.1 Å². The highest BCUT2D eigenvalue weighted by Gasteiger charge is 2.31. The largest absolute Gasteiger partial charge is 0.491 e. The van der Waals surface area contributed by atoms with Crippen LogP contribution >= 0.6 is 0 Å². The molecule has 1 aromatic carbocycles. The second kappa shape index (κ2) is 5.47. The summed E-state index contributed by atoms with van der Waals surface area (Å²) in [5, 5.41) is 3.59. The predicted molar refractivity (Wildman–Crippen MR) is 67.6 cm³/mol. The van der Waals surface area contributed by atoms with E-state index in [4.69, 9.17) is 4.52 Å². The van der Waals surface area contributed by atoms with Crippen LogP contribution < -0.4 is 9.64 Å². The van der Waals surface area contributed by atoms with Gasteiger partial charge in [-0.15, -0.1) is 0 Å². The molecule has 0 amide bonds. The molecule has 2 heterocycles. The first-order valence-electron chi connectivity index (χ1n) is 6.53. The maximum absolute atomic E-state index is 14.0. The molecule has 1 saturated heterocycles. The van der Waals surface area contributed by atoms with Crippen molar-refractivity contribution in [2.45, 2.75) is 12.8 Å². The molecule has 118 valence electrons. The minimum Gasteiger partial charge on any atom is -0.491 e. The average molecular weight is 317 g/mol. The van der Waals surface area contributed by atoms with Gasteiger partial charge in [0.2, 0.25) is 11.6 Å². The van der Waals surface area contributed by atoms with E-state index in [1.807, 2.05) is 0 Å². The smallest absolute Gasteiger partial charge is 0.266 e. The van der Waals surface area contributed by atoms with E-state index in [0.717, 1.165) is 20.0 Å². The molecule has 1 aliphatic heterocycles. The van der Waals surface area contributed by atoms with Gasteiger partial charge in [-0.3, -0.25) is 0 Å². The molecule has 1 aromatic heterocycles. The van der Waals surface area contributed by atoms with Crippen molar-refractivity contribution < 1.29 is 26.8 Å². The Morgan fingerprint density at radius 2 is 1.59 bits per heavy atom. The van der Waals surface area contributed by atoms with Gasteiger partial charge >= 0.3 is 0 Å². The molecule has 0 bridgehead atoms. The van der Waals surface area contributed by atoms with Gasteiger partial charge in [0.05, 0.1) is 7.11 Å². The zero-order valence-electron chi connectivity index (χ0n) is 11.5. The van der Waals surface area contributed by atoms with E-state index in [0.29, 0.717) is 13.1 Å². The molecular formula is C13H11F4N3O2. The molecule has 0 atom stereocenters. The van der Waals surface area contributed by atoms with Gasteiger partial charge in [0.25, 0.3) is 11.8 Å². The fraction of sp³-hybridized carbons (Fsp3) is 0.385. The van der Waals surface area contributed by atoms with Crippen LogP contribution in [-0.4, -0.2) is 30.3 Å². The molecule has 0 unspecified atom stereocenters. The van der Waals surface area contributed by atoms with Gasteiger partial charge in [0.1, 0.15) is 5.56 Å². The molecule has 0 N–H and O–H groups in total. The Balaban J connectivity index is 2.08. The summed E-state index contributed by atoms with van der Waals surface area (Å²) in [5.41, 5.74) is -1.05. The van der Waals surface area contributed by atoms with Crippen LogP contribution in [0.25, 0.3) is 11.5 Å². The molecule has 0 radical (unpaired) electrons. The molecule has 3 rings (SSSR count). The minimum atomic E-state index is -1.66. The summed E-state index contributed by atoms with van der Waals surface area (Å²) in [6.45, 7) is 1.35. The topological polar surface area (TPSA) is 51.4 Å². The Hall–Kier alpha value is -2.32. The molecule has 1 aliphatic rings. The highest BCUT2D eigenvalue weighted by atomic mass is 19.2. The van der Waals surface area contributed by atoms with Crippen LogP contribution in [0.4, 0.5) is 23.5 Å². The summed E-state index contributed by atoms with van der Waals surface area (Å²) in [6, 6.07) is 0. The first kappa shape index (κ1) is 14.6. The van der Waals surface area contributed by atoms with E-state index in [1.165, 1.54) is 0 Å². The third kappa shape index (κ3) is 2.16. The summed E-state index contributed by atoms with van der Waals surface area (Å²) < 4.78 is 64.4. The highest BCUT2D eigenvalue weighted by Crippen LogP contribution is 2.35. The third-order valence-electron chi connectivity index (χ3n) is 3.45. The lowest BCUT2D eigenvalue weighted by Crippen LogP contribution is -2.18. The van der Waals surface area contributed by atoms with Gasteiger partial charge in [-0.1, -0.05) is 0 Å². The van der Waals surface area contributed by atoms with Crippen LogP contribution in [0.5, 0.6) is 5.75 Å². The summed E-state index contributed by atoms with van der Waals surface area (Å²) >= 11 is 0. The molecule has 0 spiro atoms. The Morgan fingerprint density at radius 1 is 1.00 bits per heavy atom. The normalized spacial score (nSPS) is 14.7. The van der Waals surface area contributed by atoms with Gasteiger partial charge in [0.15, 0.2) is 17.4 Å². The number of aromatic nitrogens is 2. The quantitative estimate of drug-likeness (QED) is 0.643. The zero-order chi connectivity index (χ0) is 15.9. The number of halogens is 4. The number of hydrogen-bond donors (Lipinski definition) is 0. The van der Waals surface area contributed by atoms with Gasteiger partial charge < -0.3 is 14.2 Å². The van der Waals surface area contributed by atoms with E-state index >= 15 is 0 Å². The SMILES string of the molecule is COc1c(F)c(F)c(-c2nc(N3CCCC3)no2)c(F)c1F. The lowest BCUT2D eigenvalue weighted by molar-refractivity contribution is 0.331. The number of methoxy groups -OCH3 is 1. The number of anilines is 1. The number of nitrogens with zero attached hydrogens (tertiary/aromatic N) is 3. The average Bonchev–Trinajstić information content (AvgIpc) is 3.17. The first-order valence-corrected chi connectivity index (χ1v) is 6.53. The maximum atomic E-state index is 14.0. The number of ether oxygens (including phenoxy) is 1. The number of rotatable bonds is 3. The van der Waals surface area contributed by atoms with E-state index in [1.54, 1.807) is 4.90 Å². The van der Waals surface area contributed by atoms with Crippen molar-refractivity contribution in [3.05, 3.63) is 23.3 Å². The van der Waals surface area contributed by atoms with Crippen molar-refractivity contribution in [2.24, 2.45) is 0 Å². The van der Waals surface area contributed by atoms with Crippen molar-refractivity contribution in [3.63, 3.8) is 0 Å². The van der Waals surface area contributed by atoms with Crippen LogP contribution in [0, 0.1) is 23.3 Å². The summed E-state index contributed by atoms with van der Waals surface area (Å²) in [6.07, 6.45) is 1.86. The lowest BCUT2D eigenvalue weighted by Gasteiger charge is -2.10. The van der Waals surface area contributed by atoms with Gasteiger partial charge in [0, 0.05) is 13.1 Å². The lowest BCUT2D eigenvalue weighted by atomic mass is 10.1. The molecule has 1 fully saturated rings. The summed E-state index contributed by atoms with van der Waals surface area (Å²) in [4.78, 5) is 5.56. The standard InChI is InChI=1S/C13H11F4N3O2/c1-21-11-9(16)7(14)6(8(15)10(11)17)12-18-13(19-22-12)20-4-2-3-5-20/h2-5H2,1H3. The molecule has 0 saturated carbocycles. The van der Waals surface area contributed by atoms with Crippen LogP contribution in [-0.2, 0) is 0 Å². The van der Waals surface area contributed by atoms with E-state index in [2.05, 4.69) is 14.9 Å².